The molecule has 57 heavy (non-hydrogen) atoms. The normalized spacial score (nSPS) is 52.0. The van der Waals surface area contributed by atoms with Crippen LogP contribution in [0.3, 0.4) is 0 Å². The third-order valence-electron chi connectivity index (χ3n) is 14.7. The number of aliphatic hydroxyl groups is 11. The molecule has 21 atom stereocenters. The van der Waals surface area contributed by atoms with Gasteiger partial charge in [-0.25, -0.2) is 0 Å². The second-order valence-electron chi connectivity index (χ2n) is 17.8. The smallest absolute Gasteiger partial charge is 0.314 e. The van der Waals surface area contributed by atoms with Crippen LogP contribution in [0.15, 0.2) is 12.2 Å². The van der Waals surface area contributed by atoms with Gasteiger partial charge < -0.3 is 84.6 Å². The third-order valence-corrected chi connectivity index (χ3v) is 14.7. The molecule has 3 heterocycles. The summed E-state index contributed by atoms with van der Waals surface area (Å²) in [5, 5.41) is 114. The van der Waals surface area contributed by atoms with Crippen molar-refractivity contribution in [2.45, 2.75) is 177 Å². The number of hydrogen-bond donors (Lipinski definition) is 11. The van der Waals surface area contributed by atoms with Gasteiger partial charge in [-0.15, -0.1) is 0 Å². The lowest BCUT2D eigenvalue weighted by molar-refractivity contribution is -0.362. The van der Waals surface area contributed by atoms with E-state index in [-0.39, 0.29) is 22.7 Å². The Hall–Kier alpha value is -1.43. The van der Waals surface area contributed by atoms with Crippen molar-refractivity contribution in [1.29, 1.82) is 0 Å². The highest BCUT2D eigenvalue weighted by Gasteiger charge is 2.64. The maximum Gasteiger partial charge on any atom is 0.314 e. The van der Waals surface area contributed by atoms with E-state index in [0.717, 1.165) is 24.8 Å². The van der Waals surface area contributed by atoms with Gasteiger partial charge in [0.25, 0.3) is 0 Å². The minimum Gasteiger partial charge on any atom is -0.432 e. The standard InChI is InChI=1S/C39H64O18/c1-5-39-12-9-22-37(3,10-6-11-38(22,4)36(51)57-34-30(49)28(47)25(44)20(15-41)54-34)23(39)8-7-18(17(2)13-39)52-35-31(50)32(26(45)21(16-42)55-35)56-33-29(48)27(46)24(43)19(14-40)53-33/h18-35,40-50H,2,5-16H2,1,3-4H3/t18?,19?,20?,21?,22?,23-,24?,25?,26?,27?,28?,29?,30?,31?,32?,33?,34?,35?,37+,38+,39+/m0/s1. The molecule has 0 spiro atoms. The van der Waals surface area contributed by atoms with Gasteiger partial charge in [-0.3, -0.25) is 4.79 Å². The average Bonchev–Trinajstić information content (AvgIpc) is 3.33. The van der Waals surface area contributed by atoms with Gasteiger partial charge in [-0.05, 0) is 86.5 Å². The van der Waals surface area contributed by atoms with Crippen molar-refractivity contribution in [1.82, 2.24) is 0 Å². The lowest BCUT2D eigenvalue weighted by Crippen LogP contribution is -2.65. The lowest BCUT2D eigenvalue weighted by atomic mass is 9.41. The van der Waals surface area contributed by atoms with Crippen molar-refractivity contribution in [3.8, 4) is 0 Å². The molecular formula is C39H64O18. The molecule has 18 heteroatoms. The van der Waals surface area contributed by atoms with E-state index < -0.39 is 129 Å². The molecular weight excluding hydrogens is 756 g/mol. The molecule has 6 rings (SSSR count). The van der Waals surface area contributed by atoms with Crippen LogP contribution in [-0.2, 0) is 33.2 Å². The summed E-state index contributed by atoms with van der Waals surface area (Å²) in [6, 6.07) is 0. The fraction of sp³-hybridized carbons (Fsp3) is 0.923. The van der Waals surface area contributed by atoms with E-state index in [1.54, 1.807) is 0 Å². The van der Waals surface area contributed by atoms with Crippen LogP contribution in [-0.4, -0.2) is 180 Å². The van der Waals surface area contributed by atoms with Gasteiger partial charge >= 0.3 is 5.97 Å². The molecule has 0 aromatic rings. The first kappa shape index (κ1) is 45.1. The molecule has 328 valence electrons. The Balaban J connectivity index is 1.19. The first-order chi connectivity index (χ1) is 26.9. The van der Waals surface area contributed by atoms with Crippen LogP contribution >= 0.6 is 0 Å². The van der Waals surface area contributed by atoms with Crippen LogP contribution in [0.2, 0.25) is 0 Å². The predicted molar refractivity (Wildman–Crippen MR) is 193 cm³/mol. The summed E-state index contributed by atoms with van der Waals surface area (Å²) in [5.74, 6) is -0.636. The molecule has 0 bridgehead atoms. The molecule has 0 aromatic carbocycles. The Morgan fingerprint density at radius 1 is 0.667 bits per heavy atom. The largest absolute Gasteiger partial charge is 0.432 e. The number of rotatable bonds is 10. The monoisotopic (exact) mass is 820 g/mol. The van der Waals surface area contributed by atoms with Crippen LogP contribution in [0.4, 0.5) is 0 Å². The molecule has 3 aliphatic heterocycles. The van der Waals surface area contributed by atoms with E-state index in [1.807, 2.05) is 6.92 Å². The maximum atomic E-state index is 14.2. The molecule has 3 aliphatic carbocycles. The maximum absolute atomic E-state index is 14.2. The topological polar surface area (TPSA) is 295 Å². The molecule has 0 aromatic heterocycles. The lowest BCUT2D eigenvalue weighted by Gasteiger charge is -2.63. The number of carbonyl (C=O) groups excluding carboxylic acids is 1. The highest BCUT2D eigenvalue weighted by Crippen LogP contribution is 2.68. The van der Waals surface area contributed by atoms with Crippen LogP contribution < -0.4 is 0 Å². The number of ether oxygens (including phenoxy) is 6. The first-order valence-electron chi connectivity index (χ1n) is 20.3. The summed E-state index contributed by atoms with van der Waals surface area (Å²) in [4.78, 5) is 14.2. The third kappa shape index (κ3) is 7.97. The van der Waals surface area contributed by atoms with Gasteiger partial charge in [0.2, 0.25) is 6.29 Å². The predicted octanol–water partition coefficient (Wildman–Crippen LogP) is -2.30. The van der Waals surface area contributed by atoms with Gasteiger partial charge in [0.1, 0.15) is 73.2 Å². The van der Waals surface area contributed by atoms with E-state index in [9.17, 15) is 61.0 Å². The van der Waals surface area contributed by atoms with Crippen LogP contribution in [0.5, 0.6) is 0 Å². The number of hydrogen-bond acceptors (Lipinski definition) is 18. The zero-order valence-corrected chi connectivity index (χ0v) is 32.9. The highest BCUT2D eigenvalue weighted by molar-refractivity contribution is 5.77. The molecule has 0 amide bonds. The molecule has 6 fully saturated rings. The number of fused-ring (bicyclic) bond motifs is 3. The van der Waals surface area contributed by atoms with E-state index in [4.69, 9.17) is 28.4 Å². The van der Waals surface area contributed by atoms with E-state index in [0.29, 0.717) is 38.5 Å². The Kier molecular flexibility index (Phi) is 13.9. The Morgan fingerprint density at radius 3 is 1.79 bits per heavy atom. The summed E-state index contributed by atoms with van der Waals surface area (Å²) in [6.07, 6.45) is -18.3. The van der Waals surface area contributed by atoms with E-state index in [2.05, 4.69) is 20.4 Å². The molecule has 3 saturated carbocycles. The second-order valence-corrected chi connectivity index (χ2v) is 17.8. The first-order valence-corrected chi connectivity index (χ1v) is 20.3. The van der Waals surface area contributed by atoms with E-state index in [1.165, 1.54) is 0 Å². The van der Waals surface area contributed by atoms with Gasteiger partial charge in [0.15, 0.2) is 12.6 Å². The molecule has 6 aliphatic rings. The number of aliphatic hydroxyl groups excluding tert-OH is 11. The van der Waals surface area contributed by atoms with Crippen molar-refractivity contribution in [2.24, 2.45) is 28.1 Å². The quantitative estimate of drug-likeness (QED) is 0.0816. The average molecular weight is 821 g/mol. The molecule has 11 N–H and O–H groups in total. The van der Waals surface area contributed by atoms with Gasteiger partial charge in [0, 0.05) is 0 Å². The van der Waals surface area contributed by atoms with Crippen LogP contribution in [0.25, 0.3) is 0 Å². The summed E-state index contributed by atoms with van der Waals surface area (Å²) in [7, 11) is 0. The zero-order chi connectivity index (χ0) is 41.8. The zero-order valence-electron chi connectivity index (χ0n) is 32.9. The summed E-state index contributed by atoms with van der Waals surface area (Å²) >= 11 is 0. The fourth-order valence-electron chi connectivity index (χ4n) is 11.4. The van der Waals surface area contributed by atoms with Crippen molar-refractivity contribution in [3.63, 3.8) is 0 Å². The van der Waals surface area contributed by atoms with Gasteiger partial charge in [0.05, 0.1) is 31.3 Å². The van der Waals surface area contributed by atoms with Gasteiger partial charge in [-0.2, -0.15) is 0 Å². The second kappa shape index (κ2) is 17.5. The Bertz CT molecular complexity index is 1400. The fourth-order valence-corrected chi connectivity index (χ4v) is 11.4. The highest BCUT2D eigenvalue weighted by atomic mass is 16.7. The van der Waals surface area contributed by atoms with E-state index >= 15 is 0 Å². The van der Waals surface area contributed by atoms with Gasteiger partial charge in [-0.1, -0.05) is 26.8 Å². The summed E-state index contributed by atoms with van der Waals surface area (Å²) in [5.41, 5.74) is -0.802. The molecule has 18 nitrogen and oxygen atoms in total. The Labute approximate surface area is 331 Å². The molecule has 17 unspecified atom stereocenters. The minimum absolute atomic E-state index is 0.0882. The van der Waals surface area contributed by atoms with Crippen molar-refractivity contribution in [3.05, 3.63) is 12.2 Å². The van der Waals surface area contributed by atoms with Crippen molar-refractivity contribution in [2.75, 3.05) is 19.8 Å². The number of esters is 1. The van der Waals surface area contributed by atoms with Crippen LogP contribution in [0.1, 0.15) is 78.6 Å². The Morgan fingerprint density at radius 2 is 1.21 bits per heavy atom. The minimum atomic E-state index is -1.81. The molecule has 3 saturated heterocycles. The van der Waals surface area contributed by atoms with Crippen molar-refractivity contribution < 1.29 is 89.4 Å². The number of carbonyl (C=O) groups is 1. The summed E-state index contributed by atoms with van der Waals surface area (Å²) < 4.78 is 34.8. The van der Waals surface area contributed by atoms with Crippen LogP contribution in [0, 0.1) is 28.1 Å². The molecule has 0 radical (unpaired) electrons. The SMILES string of the molecule is C=C1C[C@@]2(CC)CCC3[C@](C)(C(=O)OC4OC(CO)C(O)C(O)C4O)CCC[C@@]3(C)[C@@H]2CCC1OC1OC(CO)C(O)C(OC2OC(CO)C(O)C(O)C2O)C1O. The summed E-state index contributed by atoms with van der Waals surface area (Å²) in [6.45, 7) is 8.61. The van der Waals surface area contributed by atoms with Crippen molar-refractivity contribution >= 4 is 5.97 Å².